The number of primary amides is 1. The molecule has 19 heavy (non-hydrogen) atoms. The van der Waals surface area contributed by atoms with Crippen LogP contribution in [0.5, 0.6) is 0 Å². The number of hydrogen-bond acceptors (Lipinski definition) is 2. The van der Waals surface area contributed by atoms with E-state index in [0.29, 0.717) is 11.1 Å². The minimum Gasteiger partial charge on any atom is -0.366 e. The lowest BCUT2D eigenvalue weighted by atomic mass is 10.0. The lowest BCUT2D eigenvalue weighted by Gasteiger charge is -2.09. The standard InChI is InChI=1S/C15H16N2O2/c1-9(2)17-15(19)13-6-4-10-7-12(14(16)18)5-3-11(10)8-13/h3-9H,1-2H3,(H2,16,18)(H,17,19). The van der Waals surface area contributed by atoms with Gasteiger partial charge in [-0.2, -0.15) is 0 Å². The van der Waals surface area contributed by atoms with Gasteiger partial charge in [0.05, 0.1) is 0 Å². The first kappa shape index (κ1) is 13.1. The smallest absolute Gasteiger partial charge is 0.251 e. The number of fused-ring (bicyclic) bond motifs is 1. The molecule has 4 heteroatoms. The van der Waals surface area contributed by atoms with Crippen LogP contribution in [-0.4, -0.2) is 17.9 Å². The fourth-order valence-corrected chi connectivity index (χ4v) is 1.89. The number of carbonyl (C=O) groups excluding carboxylic acids is 2. The average molecular weight is 256 g/mol. The molecule has 3 N–H and O–H groups in total. The van der Waals surface area contributed by atoms with E-state index in [4.69, 9.17) is 5.73 Å². The van der Waals surface area contributed by atoms with Crippen molar-refractivity contribution in [2.75, 3.05) is 0 Å². The molecule has 2 aromatic carbocycles. The first-order chi connectivity index (χ1) is 8.97. The molecule has 0 aliphatic heterocycles. The largest absolute Gasteiger partial charge is 0.366 e. The molecule has 0 bridgehead atoms. The van der Waals surface area contributed by atoms with Gasteiger partial charge in [0.1, 0.15) is 0 Å². The maximum Gasteiger partial charge on any atom is 0.251 e. The molecule has 2 amide bonds. The van der Waals surface area contributed by atoms with Crippen molar-refractivity contribution in [2.45, 2.75) is 19.9 Å². The zero-order chi connectivity index (χ0) is 14.0. The second-order valence-corrected chi connectivity index (χ2v) is 4.77. The molecule has 0 heterocycles. The van der Waals surface area contributed by atoms with E-state index in [9.17, 15) is 9.59 Å². The third-order valence-electron chi connectivity index (χ3n) is 2.81. The van der Waals surface area contributed by atoms with Crippen LogP contribution < -0.4 is 11.1 Å². The summed E-state index contributed by atoms with van der Waals surface area (Å²) in [6.45, 7) is 3.83. The summed E-state index contributed by atoms with van der Waals surface area (Å²) < 4.78 is 0. The molecule has 0 unspecified atom stereocenters. The maximum absolute atomic E-state index is 11.9. The van der Waals surface area contributed by atoms with E-state index >= 15 is 0 Å². The zero-order valence-electron chi connectivity index (χ0n) is 10.9. The molecule has 98 valence electrons. The molecule has 0 radical (unpaired) electrons. The van der Waals surface area contributed by atoms with E-state index in [1.54, 1.807) is 30.3 Å². The van der Waals surface area contributed by atoms with Crippen LogP contribution in [0.4, 0.5) is 0 Å². The third kappa shape index (κ3) is 2.91. The van der Waals surface area contributed by atoms with Crippen LogP contribution in [0.3, 0.4) is 0 Å². The summed E-state index contributed by atoms with van der Waals surface area (Å²) in [5, 5.41) is 4.63. The maximum atomic E-state index is 11.9. The van der Waals surface area contributed by atoms with Crippen molar-refractivity contribution in [1.29, 1.82) is 0 Å². The van der Waals surface area contributed by atoms with Gasteiger partial charge in [-0.3, -0.25) is 9.59 Å². The molecule has 0 saturated carbocycles. The minimum atomic E-state index is -0.455. The van der Waals surface area contributed by atoms with Gasteiger partial charge in [-0.25, -0.2) is 0 Å². The van der Waals surface area contributed by atoms with Crippen LogP contribution in [0.2, 0.25) is 0 Å². The topological polar surface area (TPSA) is 72.2 Å². The Morgan fingerprint density at radius 3 is 2.05 bits per heavy atom. The van der Waals surface area contributed by atoms with E-state index < -0.39 is 5.91 Å². The minimum absolute atomic E-state index is 0.0976. The van der Waals surface area contributed by atoms with Crippen molar-refractivity contribution in [2.24, 2.45) is 5.73 Å². The summed E-state index contributed by atoms with van der Waals surface area (Å²) in [6, 6.07) is 10.6. The summed E-state index contributed by atoms with van der Waals surface area (Å²) in [6.07, 6.45) is 0. The normalized spacial score (nSPS) is 10.7. The molecule has 0 aliphatic rings. The summed E-state index contributed by atoms with van der Waals surface area (Å²) in [4.78, 5) is 23.0. The Labute approximate surface area is 111 Å². The molecule has 2 aromatic rings. The average Bonchev–Trinajstić information content (AvgIpc) is 2.36. The highest BCUT2D eigenvalue weighted by Crippen LogP contribution is 2.18. The van der Waals surface area contributed by atoms with Crippen LogP contribution in [0.15, 0.2) is 36.4 Å². The second-order valence-electron chi connectivity index (χ2n) is 4.77. The van der Waals surface area contributed by atoms with Gasteiger partial charge >= 0.3 is 0 Å². The fourth-order valence-electron chi connectivity index (χ4n) is 1.89. The molecule has 0 saturated heterocycles. The summed E-state index contributed by atoms with van der Waals surface area (Å²) in [5.74, 6) is -0.556. The van der Waals surface area contributed by atoms with Gasteiger partial charge < -0.3 is 11.1 Å². The second kappa shape index (κ2) is 5.10. The lowest BCUT2D eigenvalue weighted by Crippen LogP contribution is -2.29. The van der Waals surface area contributed by atoms with Gasteiger partial charge in [-0.15, -0.1) is 0 Å². The Balaban J connectivity index is 2.39. The SMILES string of the molecule is CC(C)NC(=O)c1ccc2cc(C(N)=O)ccc2c1. The van der Waals surface area contributed by atoms with Crippen molar-refractivity contribution in [3.05, 3.63) is 47.5 Å². The molecule has 0 aromatic heterocycles. The van der Waals surface area contributed by atoms with Crippen LogP contribution in [-0.2, 0) is 0 Å². The Kier molecular flexibility index (Phi) is 3.51. The van der Waals surface area contributed by atoms with Gasteiger partial charge in [0.25, 0.3) is 5.91 Å². The number of nitrogens with two attached hydrogens (primary N) is 1. The Morgan fingerprint density at radius 1 is 1.00 bits per heavy atom. The quantitative estimate of drug-likeness (QED) is 0.882. The van der Waals surface area contributed by atoms with Gasteiger partial charge in [0, 0.05) is 17.2 Å². The Hall–Kier alpha value is -2.36. The van der Waals surface area contributed by atoms with Gasteiger partial charge in [0.2, 0.25) is 5.91 Å². The van der Waals surface area contributed by atoms with Crippen molar-refractivity contribution in [1.82, 2.24) is 5.32 Å². The van der Waals surface area contributed by atoms with Gasteiger partial charge in [-0.1, -0.05) is 12.1 Å². The molecule has 2 rings (SSSR count). The zero-order valence-corrected chi connectivity index (χ0v) is 10.9. The first-order valence-corrected chi connectivity index (χ1v) is 6.12. The van der Waals surface area contributed by atoms with Crippen molar-refractivity contribution in [3.8, 4) is 0 Å². The number of carbonyl (C=O) groups is 2. The lowest BCUT2D eigenvalue weighted by molar-refractivity contribution is 0.0942. The predicted molar refractivity (Wildman–Crippen MR) is 75.1 cm³/mol. The highest BCUT2D eigenvalue weighted by atomic mass is 16.2. The summed E-state index contributed by atoms with van der Waals surface area (Å²) in [5.41, 5.74) is 6.30. The third-order valence-corrected chi connectivity index (χ3v) is 2.81. The molecule has 0 atom stereocenters. The van der Waals surface area contributed by atoms with E-state index in [1.165, 1.54) is 0 Å². The first-order valence-electron chi connectivity index (χ1n) is 6.12. The Bertz CT molecular complexity index is 648. The van der Waals surface area contributed by atoms with E-state index in [0.717, 1.165) is 10.8 Å². The highest BCUT2D eigenvalue weighted by Gasteiger charge is 2.08. The molecular formula is C15H16N2O2. The number of nitrogens with one attached hydrogen (secondary N) is 1. The highest BCUT2D eigenvalue weighted by molar-refractivity contribution is 6.01. The molecule has 0 spiro atoms. The van der Waals surface area contributed by atoms with Gasteiger partial charge in [-0.05, 0) is 48.9 Å². The van der Waals surface area contributed by atoms with Crippen molar-refractivity contribution >= 4 is 22.6 Å². The van der Waals surface area contributed by atoms with E-state index in [-0.39, 0.29) is 11.9 Å². The van der Waals surface area contributed by atoms with Crippen LogP contribution in [0.1, 0.15) is 34.6 Å². The fraction of sp³-hybridized carbons (Fsp3) is 0.200. The molecule has 0 fully saturated rings. The summed E-state index contributed by atoms with van der Waals surface area (Å²) in [7, 11) is 0. The van der Waals surface area contributed by atoms with E-state index in [1.807, 2.05) is 19.9 Å². The van der Waals surface area contributed by atoms with Crippen molar-refractivity contribution < 1.29 is 9.59 Å². The summed E-state index contributed by atoms with van der Waals surface area (Å²) >= 11 is 0. The van der Waals surface area contributed by atoms with E-state index in [2.05, 4.69) is 5.32 Å². The number of benzene rings is 2. The number of amides is 2. The van der Waals surface area contributed by atoms with Crippen LogP contribution in [0, 0.1) is 0 Å². The molecule has 0 aliphatic carbocycles. The van der Waals surface area contributed by atoms with Crippen LogP contribution >= 0.6 is 0 Å². The number of hydrogen-bond donors (Lipinski definition) is 2. The monoisotopic (exact) mass is 256 g/mol. The van der Waals surface area contributed by atoms with Gasteiger partial charge in [0.15, 0.2) is 0 Å². The van der Waals surface area contributed by atoms with Crippen LogP contribution in [0.25, 0.3) is 10.8 Å². The molecular weight excluding hydrogens is 240 g/mol. The molecule has 4 nitrogen and oxygen atoms in total. The Morgan fingerprint density at radius 2 is 1.53 bits per heavy atom. The predicted octanol–water partition coefficient (Wildman–Crippen LogP) is 2.08. The number of rotatable bonds is 3. The van der Waals surface area contributed by atoms with Crippen molar-refractivity contribution in [3.63, 3.8) is 0 Å².